The van der Waals surface area contributed by atoms with E-state index in [-0.39, 0.29) is 6.42 Å². The summed E-state index contributed by atoms with van der Waals surface area (Å²) in [6, 6.07) is 9.00. The lowest BCUT2D eigenvalue weighted by Crippen LogP contribution is -1.97. The third kappa shape index (κ3) is 3.38. The predicted octanol–water partition coefficient (Wildman–Crippen LogP) is 3.86. The molecule has 0 saturated heterocycles. The lowest BCUT2D eigenvalue weighted by atomic mass is 10.1. The van der Waals surface area contributed by atoms with Crippen molar-refractivity contribution in [1.82, 2.24) is 0 Å². The Kier molecular flexibility index (Phi) is 4.53. The van der Waals surface area contributed by atoms with E-state index in [9.17, 15) is 9.36 Å². The van der Waals surface area contributed by atoms with Crippen LogP contribution in [0.2, 0.25) is 0 Å². The first-order valence-electron chi connectivity index (χ1n) is 3.96. The van der Waals surface area contributed by atoms with Crippen LogP contribution in [0.1, 0.15) is 17.6 Å². The van der Waals surface area contributed by atoms with Crippen molar-refractivity contribution in [1.29, 1.82) is 0 Å². The number of hydrogen-bond acceptors (Lipinski definition) is 2. The normalized spacial score (nSPS) is 13.4. The van der Waals surface area contributed by atoms with Gasteiger partial charge >= 0.3 is 7.15 Å². The van der Waals surface area contributed by atoms with Crippen molar-refractivity contribution < 1.29 is 9.36 Å². The maximum Gasteiger partial charge on any atom is 0.463 e. The summed E-state index contributed by atoms with van der Waals surface area (Å²) in [6.07, 6.45) is 0.00424. The molecule has 0 aliphatic rings. The first-order valence-corrected chi connectivity index (χ1v) is 6.58. The van der Waals surface area contributed by atoms with Crippen LogP contribution >= 0.6 is 30.0 Å². The Labute approximate surface area is 92.8 Å². The second-order valence-corrected chi connectivity index (χ2v) is 5.35. The zero-order chi connectivity index (χ0) is 10.6. The molecular formula is C9H8Cl2O2P+. The fourth-order valence-electron chi connectivity index (χ4n) is 1.13. The summed E-state index contributed by atoms with van der Waals surface area (Å²) in [7, 11) is -1.96. The molecule has 1 rings (SSSR count). The van der Waals surface area contributed by atoms with E-state index in [4.69, 9.17) is 22.8 Å². The SMILES string of the molecule is O=C(Cl)CC(c1ccccc1)[P+](=O)Cl. The Balaban J connectivity index is 2.89. The summed E-state index contributed by atoms with van der Waals surface area (Å²) in [5.41, 5.74) is 0.287. The second-order valence-electron chi connectivity index (χ2n) is 2.76. The van der Waals surface area contributed by atoms with E-state index in [1.807, 2.05) is 6.07 Å². The van der Waals surface area contributed by atoms with Crippen LogP contribution in [0.4, 0.5) is 0 Å². The summed E-state index contributed by atoms with van der Waals surface area (Å²) >= 11 is 10.8. The van der Waals surface area contributed by atoms with Gasteiger partial charge in [0.25, 0.3) is 0 Å². The molecule has 2 nitrogen and oxygen atoms in total. The van der Waals surface area contributed by atoms with Gasteiger partial charge in [-0.2, -0.15) is 0 Å². The molecule has 0 aromatic heterocycles. The van der Waals surface area contributed by atoms with Gasteiger partial charge in [-0.05, 0) is 11.6 Å². The largest absolute Gasteiger partial charge is 0.463 e. The third-order valence-corrected chi connectivity index (χ3v) is 3.62. The molecule has 0 N–H and O–H groups in total. The lowest BCUT2D eigenvalue weighted by Gasteiger charge is -2.01. The van der Waals surface area contributed by atoms with Crippen molar-refractivity contribution in [3.63, 3.8) is 0 Å². The highest BCUT2D eigenvalue weighted by Gasteiger charge is 2.32. The molecule has 1 aromatic rings. The average molecular weight is 250 g/mol. The first kappa shape index (κ1) is 11.6. The van der Waals surface area contributed by atoms with Crippen LogP contribution in [0.15, 0.2) is 30.3 Å². The van der Waals surface area contributed by atoms with E-state index in [1.165, 1.54) is 0 Å². The number of rotatable bonds is 4. The maximum atomic E-state index is 11.2. The van der Waals surface area contributed by atoms with Gasteiger partial charge in [-0.25, -0.2) is 0 Å². The molecule has 5 heteroatoms. The minimum atomic E-state index is -1.96. The van der Waals surface area contributed by atoms with Gasteiger partial charge in [0.15, 0.2) is 0 Å². The van der Waals surface area contributed by atoms with Crippen LogP contribution < -0.4 is 0 Å². The minimum Gasteiger partial charge on any atom is -0.281 e. The molecule has 0 bridgehead atoms. The van der Waals surface area contributed by atoms with Crippen molar-refractivity contribution >= 4 is 35.2 Å². The topological polar surface area (TPSA) is 34.1 Å². The van der Waals surface area contributed by atoms with Gasteiger partial charge in [-0.15, -0.1) is 0 Å². The van der Waals surface area contributed by atoms with Gasteiger partial charge in [0.2, 0.25) is 22.1 Å². The quantitative estimate of drug-likeness (QED) is 0.600. The van der Waals surface area contributed by atoms with Crippen molar-refractivity contribution in [2.75, 3.05) is 0 Å². The van der Waals surface area contributed by atoms with Crippen LogP contribution in [0.25, 0.3) is 0 Å². The molecular weight excluding hydrogens is 242 g/mol. The summed E-state index contributed by atoms with van der Waals surface area (Å²) in [4.78, 5) is 10.7. The van der Waals surface area contributed by atoms with Crippen LogP contribution in [0.3, 0.4) is 0 Å². The van der Waals surface area contributed by atoms with E-state index in [0.717, 1.165) is 5.56 Å². The van der Waals surface area contributed by atoms with Crippen molar-refractivity contribution in [3.05, 3.63) is 35.9 Å². The molecule has 0 aliphatic heterocycles. The lowest BCUT2D eigenvalue weighted by molar-refractivity contribution is -0.111. The van der Waals surface area contributed by atoms with Crippen LogP contribution in [0.5, 0.6) is 0 Å². The summed E-state index contributed by atoms with van der Waals surface area (Å²) in [5.74, 6) is 0. The summed E-state index contributed by atoms with van der Waals surface area (Å²) in [5, 5.41) is -0.525. The number of carbonyl (C=O) groups is 1. The van der Waals surface area contributed by atoms with Crippen molar-refractivity contribution in [3.8, 4) is 0 Å². The number of halogens is 2. The van der Waals surface area contributed by atoms with Crippen molar-refractivity contribution in [2.24, 2.45) is 0 Å². The van der Waals surface area contributed by atoms with E-state index < -0.39 is 18.1 Å². The van der Waals surface area contributed by atoms with E-state index in [0.29, 0.717) is 0 Å². The standard InChI is InChI=1S/C9H8Cl2O2P/c10-9(12)6-8(14(11)13)7-4-2-1-3-5-7/h1-5,8H,6H2/q+1. The zero-order valence-corrected chi connectivity index (χ0v) is 9.60. The number of benzene rings is 1. The Hall–Kier alpha value is -0.430. The van der Waals surface area contributed by atoms with Gasteiger partial charge < -0.3 is 0 Å². The van der Waals surface area contributed by atoms with E-state index in [1.54, 1.807) is 24.3 Å². The monoisotopic (exact) mass is 249 g/mol. The van der Waals surface area contributed by atoms with Gasteiger partial charge in [-0.1, -0.05) is 34.9 Å². The van der Waals surface area contributed by atoms with Crippen LogP contribution in [-0.2, 0) is 9.36 Å². The molecule has 74 valence electrons. The Morgan fingerprint density at radius 1 is 1.36 bits per heavy atom. The smallest absolute Gasteiger partial charge is 0.281 e. The second kappa shape index (κ2) is 5.45. The Morgan fingerprint density at radius 3 is 2.36 bits per heavy atom. The Morgan fingerprint density at radius 2 is 1.93 bits per heavy atom. The molecule has 0 heterocycles. The molecule has 2 unspecified atom stereocenters. The molecule has 2 atom stereocenters. The fourth-order valence-corrected chi connectivity index (χ4v) is 2.66. The van der Waals surface area contributed by atoms with Crippen LogP contribution in [-0.4, -0.2) is 5.24 Å². The summed E-state index contributed by atoms with van der Waals surface area (Å²) < 4.78 is 11.2. The predicted molar refractivity (Wildman–Crippen MR) is 58.1 cm³/mol. The molecule has 0 aliphatic carbocycles. The number of hydrogen-bond donors (Lipinski definition) is 0. The molecule has 0 saturated carbocycles. The highest BCUT2D eigenvalue weighted by atomic mass is 35.7. The Bertz CT molecular complexity index is 340. The summed E-state index contributed by atoms with van der Waals surface area (Å²) in [6.45, 7) is 0. The molecule has 0 spiro atoms. The van der Waals surface area contributed by atoms with E-state index >= 15 is 0 Å². The molecule has 0 fully saturated rings. The van der Waals surface area contributed by atoms with Gasteiger partial charge in [0.1, 0.15) is 0 Å². The minimum absolute atomic E-state index is 0.00424. The van der Waals surface area contributed by atoms with E-state index in [2.05, 4.69) is 0 Å². The zero-order valence-electron chi connectivity index (χ0n) is 7.19. The highest BCUT2D eigenvalue weighted by molar-refractivity contribution is 7.74. The fraction of sp³-hybridized carbons (Fsp3) is 0.222. The molecule has 0 amide bonds. The van der Waals surface area contributed by atoms with Gasteiger partial charge in [-0.3, -0.25) is 4.79 Å². The van der Waals surface area contributed by atoms with Gasteiger partial charge in [0.05, 0.1) is 6.42 Å². The van der Waals surface area contributed by atoms with Crippen molar-refractivity contribution in [2.45, 2.75) is 12.1 Å². The first-order chi connectivity index (χ1) is 6.61. The third-order valence-electron chi connectivity index (χ3n) is 1.78. The number of carbonyl (C=O) groups excluding carboxylic acids is 1. The molecule has 1 aromatic carbocycles. The molecule has 0 radical (unpaired) electrons. The van der Waals surface area contributed by atoms with Gasteiger partial charge in [0, 0.05) is 5.56 Å². The molecule has 14 heavy (non-hydrogen) atoms. The van der Waals surface area contributed by atoms with Crippen LogP contribution in [0, 0.1) is 0 Å². The maximum absolute atomic E-state index is 11.2. The average Bonchev–Trinajstić information content (AvgIpc) is 2.15. The highest BCUT2D eigenvalue weighted by Crippen LogP contribution is 2.47.